The van der Waals surface area contributed by atoms with Crippen LogP contribution in [0.15, 0.2) is 24.3 Å². The second kappa shape index (κ2) is 11.8. The molecule has 6 heteroatoms. The molecule has 1 amide bonds. The largest absolute Gasteiger partial charge is 0.341 e. The Morgan fingerprint density at radius 2 is 1.53 bits per heavy atom. The minimum Gasteiger partial charge on any atom is -0.341 e. The highest BCUT2D eigenvalue weighted by atomic mass is 35.5. The van der Waals surface area contributed by atoms with Gasteiger partial charge in [-0.15, -0.1) is 0 Å². The number of hydrogen-bond acceptors (Lipinski definition) is 4. The van der Waals surface area contributed by atoms with Crippen molar-refractivity contribution in [1.82, 2.24) is 14.7 Å². The summed E-state index contributed by atoms with van der Waals surface area (Å²) in [6.45, 7) is 14.4. The molecule has 0 radical (unpaired) electrons. The fourth-order valence-electron chi connectivity index (χ4n) is 5.37. The summed E-state index contributed by atoms with van der Waals surface area (Å²) in [6.07, 6.45) is 5.18. The highest BCUT2D eigenvalue weighted by molar-refractivity contribution is 6.30. The standard InChI is InChI=1S/C26H43ClN4O/c1-19(2)18-31(23-9-13-29(14-10-23)20(3)4)24-11-15-30(16-12-24)26(32)25(28)17-21-5-7-22(27)8-6-21/h5-8,19-20,23-25H,9-18,28H2,1-4H3/t25-/m1/s1. The van der Waals surface area contributed by atoms with Gasteiger partial charge in [-0.25, -0.2) is 0 Å². The van der Waals surface area contributed by atoms with Gasteiger partial charge in [-0.1, -0.05) is 37.6 Å². The number of amides is 1. The Morgan fingerprint density at radius 3 is 2.03 bits per heavy atom. The number of hydrogen-bond donors (Lipinski definition) is 1. The van der Waals surface area contributed by atoms with Gasteiger partial charge in [0.2, 0.25) is 5.91 Å². The number of halogens is 1. The monoisotopic (exact) mass is 462 g/mol. The molecule has 3 rings (SSSR count). The van der Waals surface area contributed by atoms with Crippen molar-refractivity contribution in [3.05, 3.63) is 34.9 Å². The van der Waals surface area contributed by atoms with Crippen LogP contribution in [0.4, 0.5) is 0 Å². The maximum atomic E-state index is 13.0. The third kappa shape index (κ3) is 6.93. The molecule has 0 spiro atoms. The molecule has 180 valence electrons. The molecule has 2 aliphatic heterocycles. The van der Waals surface area contributed by atoms with Gasteiger partial charge in [0.1, 0.15) is 0 Å². The van der Waals surface area contributed by atoms with Gasteiger partial charge in [0.25, 0.3) is 0 Å². The molecule has 1 aromatic carbocycles. The van der Waals surface area contributed by atoms with Gasteiger partial charge < -0.3 is 15.5 Å². The molecule has 2 fully saturated rings. The number of rotatable bonds is 8. The van der Waals surface area contributed by atoms with Crippen molar-refractivity contribution < 1.29 is 4.79 Å². The van der Waals surface area contributed by atoms with Crippen LogP contribution in [0.2, 0.25) is 5.02 Å². The number of carbonyl (C=O) groups is 1. The maximum Gasteiger partial charge on any atom is 0.239 e. The molecule has 32 heavy (non-hydrogen) atoms. The molecule has 2 aliphatic rings. The Kier molecular flexibility index (Phi) is 9.42. The summed E-state index contributed by atoms with van der Waals surface area (Å²) >= 11 is 5.97. The van der Waals surface area contributed by atoms with Crippen LogP contribution in [0.25, 0.3) is 0 Å². The average molecular weight is 463 g/mol. The minimum absolute atomic E-state index is 0.0825. The van der Waals surface area contributed by atoms with Gasteiger partial charge in [0.05, 0.1) is 6.04 Å². The van der Waals surface area contributed by atoms with E-state index in [-0.39, 0.29) is 5.91 Å². The molecule has 0 saturated carbocycles. The van der Waals surface area contributed by atoms with Crippen LogP contribution in [-0.4, -0.2) is 77.5 Å². The first-order valence-corrected chi connectivity index (χ1v) is 12.9. The van der Waals surface area contributed by atoms with E-state index in [1.54, 1.807) is 0 Å². The second-order valence-electron chi connectivity index (χ2n) is 10.4. The highest BCUT2D eigenvalue weighted by Gasteiger charge is 2.34. The summed E-state index contributed by atoms with van der Waals surface area (Å²) in [4.78, 5) is 20.4. The summed E-state index contributed by atoms with van der Waals surface area (Å²) in [7, 11) is 0. The topological polar surface area (TPSA) is 52.8 Å². The van der Waals surface area contributed by atoms with Crippen molar-refractivity contribution in [3.63, 3.8) is 0 Å². The van der Waals surface area contributed by atoms with Crippen molar-refractivity contribution >= 4 is 17.5 Å². The highest BCUT2D eigenvalue weighted by Crippen LogP contribution is 2.26. The second-order valence-corrected chi connectivity index (χ2v) is 10.9. The SMILES string of the molecule is CC(C)CN(C1CCN(C(=O)[C@H](N)Cc2ccc(Cl)cc2)CC1)C1CCN(C(C)C)CC1. The van der Waals surface area contributed by atoms with Crippen LogP contribution >= 0.6 is 11.6 Å². The summed E-state index contributed by atoms with van der Waals surface area (Å²) in [6, 6.07) is 9.02. The molecular formula is C26H43ClN4O. The van der Waals surface area contributed by atoms with E-state index in [0.29, 0.717) is 35.5 Å². The molecule has 1 atom stereocenters. The molecule has 0 aromatic heterocycles. The lowest BCUT2D eigenvalue weighted by Crippen LogP contribution is -2.55. The lowest BCUT2D eigenvalue weighted by Gasteiger charge is -2.46. The van der Waals surface area contributed by atoms with Crippen LogP contribution in [0.3, 0.4) is 0 Å². The summed E-state index contributed by atoms with van der Waals surface area (Å²) in [5.74, 6) is 0.740. The first kappa shape index (κ1) is 25.5. The lowest BCUT2D eigenvalue weighted by atomic mass is 9.94. The Hall–Kier alpha value is -1.14. The normalized spacial score (nSPS) is 20.5. The van der Waals surface area contributed by atoms with Gasteiger partial charge >= 0.3 is 0 Å². The zero-order chi connectivity index (χ0) is 23.3. The number of nitrogens with two attached hydrogens (primary N) is 1. The molecule has 2 N–H and O–H groups in total. The number of benzene rings is 1. The Bertz CT molecular complexity index is 707. The van der Waals surface area contributed by atoms with E-state index in [0.717, 1.165) is 38.0 Å². The Balaban J connectivity index is 1.53. The average Bonchev–Trinajstić information content (AvgIpc) is 2.78. The van der Waals surface area contributed by atoms with Crippen molar-refractivity contribution in [1.29, 1.82) is 0 Å². The quantitative estimate of drug-likeness (QED) is 0.633. The molecular weight excluding hydrogens is 420 g/mol. The first-order valence-electron chi connectivity index (χ1n) is 12.5. The summed E-state index contributed by atoms with van der Waals surface area (Å²) in [5.41, 5.74) is 7.35. The van der Waals surface area contributed by atoms with Crippen LogP contribution in [0.5, 0.6) is 0 Å². The molecule has 0 aliphatic carbocycles. The fourth-order valence-corrected chi connectivity index (χ4v) is 5.49. The van der Waals surface area contributed by atoms with E-state index >= 15 is 0 Å². The first-order chi connectivity index (χ1) is 15.2. The third-order valence-electron chi connectivity index (χ3n) is 7.21. The van der Waals surface area contributed by atoms with E-state index in [4.69, 9.17) is 17.3 Å². The third-order valence-corrected chi connectivity index (χ3v) is 7.46. The lowest BCUT2D eigenvalue weighted by molar-refractivity contribution is -0.134. The van der Waals surface area contributed by atoms with E-state index in [1.807, 2.05) is 29.2 Å². The van der Waals surface area contributed by atoms with E-state index in [9.17, 15) is 4.79 Å². The van der Waals surface area contributed by atoms with Gasteiger partial charge in [0, 0.05) is 42.8 Å². The van der Waals surface area contributed by atoms with Crippen LogP contribution in [0, 0.1) is 5.92 Å². The maximum absolute atomic E-state index is 13.0. The van der Waals surface area contributed by atoms with Crippen LogP contribution in [-0.2, 0) is 11.2 Å². The van der Waals surface area contributed by atoms with Gasteiger partial charge in [-0.05, 0) is 82.7 Å². The smallest absolute Gasteiger partial charge is 0.239 e. The van der Waals surface area contributed by atoms with Gasteiger partial charge in [-0.2, -0.15) is 0 Å². The van der Waals surface area contributed by atoms with Crippen molar-refractivity contribution in [2.45, 2.75) is 84.0 Å². The fraction of sp³-hybridized carbons (Fsp3) is 0.731. The summed E-state index contributed by atoms with van der Waals surface area (Å²) < 4.78 is 0. The zero-order valence-corrected chi connectivity index (χ0v) is 21.2. The predicted molar refractivity (Wildman–Crippen MR) is 134 cm³/mol. The van der Waals surface area contributed by atoms with E-state index in [2.05, 4.69) is 37.5 Å². The molecule has 0 unspecified atom stereocenters. The zero-order valence-electron chi connectivity index (χ0n) is 20.5. The Morgan fingerprint density at radius 1 is 1.00 bits per heavy atom. The Labute approximate surface area is 200 Å². The number of nitrogens with zero attached hydrogens (tertiary/aromatic N) is 3. The summed E-state index contributed by atoms with van der Waals surface area (Å²) in [5, 5.41) is 0.705. The van der Waals surface area contributed by atoms with Crippen molar-refractivity contribution in [2.75, 3.05) is 32.7 Å². The number of piperidine rings is 2. The van der Waals surface area contributed by atoms with E-state index < -0.39 is 6.04 Å². The molecule has 2 heterocycles. The number of likely N-dealkylation sites (tertiary alicyclic amines) is 2. The minimum atomic E-state index is -0.486. The van der Waals surface area contributed by atoms with Crippen molar-refractivity contribution in [3.8, 4) is 0 Å². The van der Waals surface area contributed by atoms with Gasteiger partial charge in [-0.3, -0.25) is 9.69 Å². The van der Waals surface area contributed by atoms with Gasteiger partial charge in [0.15, 0.2) is 0 Å². The van der Waals surface area contributed by atoms with Crippen LogP contribution in [0.1, 0.15) is 58.9 Å². The molecule has 0 bridgehead atoms. The van der Waals surface area contributed by atoms with Crippen LogP contribution < -0.4 is 5.73 Å². The number of carbonyl (C=O) groups excluding carboxylic acids is 1. The molecule has 2 saturated heterocycles. The molecule has 1 aromatic rings. The van der Waals surface area contributed by atoms with Crippen molar-refractivity contribution in [2.24, 2.45) is 11.7 Å². The predicted octanol–water partition coefficient (Wildman–Crippen LogP) is 4.03. The molecule has 5 nitrogen and oxygen atoms in total. The van der Waals surface area contributed by atoms with E-state index in [1.165, 1.54) is 25.9 Å².